The highest BCUT2D eigenvalue weighted by Gasteiger charge is 2.19. The van der Waals surface area contributed by atoms with Crippen LogP contribution in [0.1, 0.15) is 0 Å². The number of nitrogens with zero attached hydrogens (tertiary/aromatic N) is 2. The first kappa shape index (κ1) is 20.8. The van der Waals surface area contributed by atoms with Crippen molar-refractivity contribution in [3.05, 3.63) is 47.5 Å². The smallest absolute Gasteiger partial charge is 0.262 e. The molecular weight excluding hydrogens is 406 g/mol. The molecule has 2 aromatic rings. The van der Waals surface area contributed by atoms with Gasteiger partial charge < -0.3 is 29.3 Å². The summed E-state index contributed by atoms with van der Waals surface area (Å²) in [4.78, 5) is 17.1. The number of ether oxygens (including phenoxy) is 3. The fraction of sp³-hybridized carbons (Fsp3) is 0.409. The van der Waals surface area contributed by atoms with Crippen molar-refractivity contribution in [1.29, 1.82) is 0 Å². The Morgan fingerprint density at radius 3 is 2.33 bits per heavy atom. The largest absolute Gasteiger partial charge is 0.482 e. The number of benzene rings is 2. The summed E-state index contributed by atoms with van der Waals surface area (Å²) in [7, 11) is 0. The average Bonchev–Trinajstić information content (AvgIpc) is 2.80. The Morgan fingerprint density at radius 2 is 1.63 bits per heavy atom. The number of carbonyl (C=O) groups is 1. The van der Waals surface area contributed by atoms with Gasteiger partial charge in [-0.2, -0.15) is 0 Å². The topological polar surface area (TPSA) is 63.3 Å². The molecule has 0 spiro atoms. The number of hydrogen-bond donors (Lipinski definition) is 1. The maximum Gasteiger partial charge on any atom is 0.262 e. The van der Waals surface area contributed by atoms with Crippen LogP contribution in [0.2, 0.25) is 5.02 Å². The lowest BCUT2D eigenvalue weighted by Crippen LogP contribution is -2.38. The molecule has 7 nitrogen and oxygen atoms in total. The van der Waals surface area contributed by atoms with Crippen LogP contribution < -0.4 is 19.9 Å². The van der Waals surface area contributed by atoms with Crippen LogP contribution in [0.4, 0.5) is 17.1 Å². The van der Waals surface area contributed by atoms with Crippen molar-refractivity contribution in [2.45, 2.75) is 0 Å². The van der Waals surface area contributed by atoms with E-state index in [1.54, 1.807) is 12.1 Å². The zero-order valence-electron chi connectivity index (χ0n) is 16.8. The molecule has 0 bridgehead atoms. The lowest BCUT2D eigenvalue weighted by molar-refractivity contribution is -0.118. The Balaban J connectivity index is 1.49. The van der Waals surface area contributed by atoms with Crippen LogP contribution in [0.3, 0.4) is 0 Å². The summed E-state index contributed by atoms with van der Waals surface area (Å²) in [6, 6.07) is 13.3. The second kappa shape index (κ2) is 10.0. The molecule has 0 unspecified atom stereocenters. The summed E-state index contributed by atoms with van der Waals surface area (Å²) < 4.78 is 16.5. The Bertz CT molecular complexity index is 867. The molecule has 0 aromatic heterocycles. The van der Waals surface area contributed by atoms with Gasteiger partial charge in [0.25, 0.3) is 5.91 Å². The van der Waals surface area contributed by atoms with Gasteiger partial charge in [-0.25, -0.2) is 0 Å². The zero-order chi connectivity index (χ0) is 20.8. The van der Waals surface area contributed by atoms with Crippen molar-refractivity contribution in [1.82, 2.24) is 0 Å². The highest BCUT2D eigenvalue weighted by atomic mass is 35.5. The molecule has 2 fully saturated rings. The molecular formula is C22H26ClN3O4. The average molecular weight is 432 g/mol. The number of nitrogens with one attached hydrogen (secondary N) is 1. The molecule has 0 aliphatic carbocycles. The van der Waals surface area contributed by atoms with E-state index < -0.39 is 0 Å². The third-order valence-electron chi connectivity index (χ3n) is 5.18. The minimum atomic E-state index is -0.233. The molecule has 2 heterocycles. The summed E-state index contributed by atoms with van der Waals surface area (Å²) in [6.45, 7) is 5.97. The van der Waals surface area contributed by atoms with Gasteiger partial charge in [-0.1, -0.05) is 23.7 Å². The number of anilines is 3. The van der Waals surface area contributed by atoms with Gasteiger partial charge >= 0.3 is 0 Å². The number of halogens is 1. The normalized spacial score (nSPS) is 17.0. The number of carbonyl (C=O) groups excluding carboxylic acids is 1. The summed E-state index contributed by atoms with van der Waals surface area (Å²) in [5, 5.41) is 3.48. The van der Waals surface area contributed by atoms with Gasteiger partial charge in [0.2, 0.25) is 0 Å². The number of para-hydroxylation sites is 1. The van der Waals surface area contributed by atoms with E-state index in [0.717, 1.165) is 56.5 Å². The molecule has 0 radical (unpaired) electrons. The summed E-state index contributed by atoms with van der Waals surface area (Å²) in [5.74, 6) is 0.258. The zero-order valence-corrected chi connectivity index (χ0v) is 17.6. The molecule has 0 saturated carbocycles. The van der Waals surface area contributed by atoms with Crippen LogP contribution in [0, 0.1) is 0 Å². The molecule has 30 heavy (non-hydrogen) atoms. The molecule has 160 valence electrons. The van der Waals surface area contributed by atoms with Crippen molar-refractivity contribution in [3.63, 3.8) is 0 Å². The van der Waals surface area contributed by atoms with Gasteiger partial charge in [-0.05, 0) is 30.3 Å². The second-order valence-electron chi connectivity index (χ2n) is 7.17. The minimum Gasteiger partial charge on any atom is -0.482 e. The van der Waals surface area contributed by atoms with Crippen LogP contribution in [0.5, 0.6) is 5.75 Å². The summed E-state index contributed by atoms with van der Waals surface area (Å²) in [5.41, 5.74) is 2.89. The van der Waals surface area contributed by atoms with Gasteiger partial charge in [0.05, 0.1) is 42.8 Å². The molecule has 4 rings (SSSR count). The Kier molecular flexibility index (Phi) is 6.94. The first-order valence-corrected chi connectivity index (χ1v) is 10.5. The van der Waals surface area contributed by atoms with Crippen LogP contribution in [-0.2, 0) is 14.3 Å². The van der Waals surface area contributed by atoms with Gasteiger partial charge in [0.1, 0.15) is 5.75 Å². The lowest BCUT2D eigenvalue weighted by atomic mass is 10.1. The van der Waals surface area contributed by atoms with Gasteiger partial charge in [0, 0.05) is 31.9 Å². The van der Waals surface area contributed by atoms with E-state index in [1.807, 2.05) is 24.3 Å². The number of morpholine rings is 2. The van der Waals surface area contributed by atoms with E-state index in [2.05, 4.69) is 21.2 Å². The van der Waals surface area contributed by atoms with Gasteiger partial charge in [-0.15, -0.1) is 0 Å². The van der Waals surface area contributed by atoms with Crippen molar-refractivity contribution in [3.8, 4) is 5.75 Å². The highest BCUT2D eigenvalue weighted by Crippen LogP contribution is 2.32. The second-order valence-corrected chi connectivity index (χ2v) is 7.57. The van der Waals surface area contributed by atoms with Crippen molar-refractivity contribution in [2.75, 3.05) is 74.3 Å². The van der Waals surface area contributed by atoms with E-state index in [0.29, 0.717) is 24.0 Å². The first-order valence-electron chi connectivity index (χ1n) is 10.2. The fourth-order valence-corrected chi connectivity index (χ4v) is 3.79. The maximum absolute atomic E-state index is 12.6. The molecule has 1 amide bonds. The first-order chi connectivity index (χ1) is 14.7. The molecule has 2 saturated heterocycles. The van der Waals surface area contributed by atoms with Crippen molar-refractivity contribution < 1.29 is 19.0 Å². The van der Waals surface area contributed by atoms with Crippen LogP contribution in [-0.4, -0.2) is 65.1 Å². The lowest BCUT2D eigenvalue weighted by Gasteiger charge is -2.33. The molecule has 2 aliphatic rings. The molecule has 8 heteroatoms. The predicted molar refractivity (Wildman–Crippen MR) is 118 cm³/mol. The van der Waals surface area contributed by atoms with E-state index in [-0.39, 0.29) is 12.5 Å². The number of hydrogen-bond acceptors (Lipinski definition) is 6. The van der Waals surface area contributed by atoms with Gasteiger partial charge in [0.15, 0.2) is 6.61 Å². The third-order valence-corrected chi connectivity index (χ3v) is 5.49. The molecule has 2 aliphatic heterocycles. The Hall–Kier alpha value is -2.48. The third kappa shape index (κ3) is 5.16. The van der Waals surface area contributed by atoms with E-state index in [4.69, 9.17) is 25.8 Å². The quantitative estimate of drug-likeness (QED) is 0.758. The molecule has 2 aromatic carbocycles. The summed E-state index contributed by atoms with van der Waals surface area (Å²) >= 11 is 6.10. The SMILES string of the molecule is O=C(COc1ccccc1Cl)Nc1ccc(N2CCOCC2)cc1N1CCOCC1. The van der Waals surface area contributed by atoms with Crippen LogP contribution >= 0.6 is 11.6 Å². The predicted octanol–water partition coefficient (Wildman–Crippen LogP) is 3.03. The van der Waals surface area contributed by atoms with Crippen LogP contribution in [0.25, 0.3) is 0 Å². The minimum absolute atomic E-state index is 0.114. The number of amides is 1. The van der Waals surface area contributed by atoms with Crippen molar-refractivity contribution >= 4 is 34.6 Å². The Labute approximate surface area is 181 Å². The van der Waals surface area contributed by atoms with E-state index >= 15 is 0 Å². The monoisotopic (exact) mass is 431 g/mol. The maximum atomic E-state index is 12.6. The standard InChI is InChI=1S/C22H26ClN3O4/c23-18-3-1-2-4-21(18)30-16-22(27)24-19-6-5-17(25-7-11-28-12-8-25)15-20(19)26-9-13-29-14-10-26/h1-6,15H,7-14,16H2,(H,24,27). The van der Waals surface area contributed by atoms with Crippen LogP contribution in [0.15, 0.2) is 42.5 Å². The highest BCUT2D eigenvalue weighted by molar-refractivity contribution is 6.32. The van der Waals surface area contributed by atoms with E-state index in [1.165, 1.54) is 0 Å². The van der Waals surface area contributed by atoms with Crippen molar-refractivity contribution in [2.24, 2.45) is 0 Å². The fourth-order valence-electron chi connectivity index (χ4n) is 3.60. The Morgan fingerprint density at radius 1 is 0.967 bits per heavy atom. The van der Waals surface area contributed by atoms with E-state index in [9.17, 15) is 4.79 Å². The molecule has 0 atom stereocenters. The summed E-state index contributed by atoms with van der Waals surface area (Å²) in [6.07, 6.45) is 0. The van der Waals surface area contributed by atoms with Gasteiger partial charge in [-0.3, -0.25) is 4.79 Å². The molecule has 1 N–H and O–H groups in total. The number of rotatable bonds is 6.